The second kappa shape index (κ2) is 8.99. The zero-order chi connectivity index (χ0) is 25.8. The Balaban J connectivity index is 1.21. The number of hydrogen-bond donors (Lipinski definition) is 1. The summed E-state index contributed by atoms with van der Waals surface area (Å²) in [4.78, 5) is 19.4. The third-order valence-electron chi connectivity index (χ3n) is 7.62. The molecule has 1 aliphatic heterocycles. The molecule has 2 fully saturated rings. The lowest BCUT2D eigenvalue weighted by atomic mass is 9.65. The first-order valence-electron chi connectivity index (χ1n) is 12.7. The summed E-state index contributed by atoms with van der Waals surface area (Å²) in [5, 5.41) is 20.5. The summed E-state index contributed by atoms with van der Waals surface area (Å²) in [6, 6.07) is 15.7. The van der Waals surface area contributed by atoms with Crippen LogP contribution >= 0.6 is 11.8 Å². The number of benzene rings is 2. The van der Waals surface area contributed by atoms with Gasteiger partial charge in [0.05, 0.1) is 17.9 Å². The zero-order valence-corrected chi connectivity index (χ0v) is 22.2. The molecule has 9 heteroatoms. The van der Waals surface area contributed by atoms with Gasteiger partial charge in [-0.2, -0.15) is 0 Å². The van der Waals surface area contributed by atoms with Gasteiger partial charge in [0.2, 0.25) is 5.88 Å². The Morgan fingerprint density at radius 1 is 1.16 bits per heavy atom. The molecular weight excluding hydrogens is 486 g/mol. The minimum atomic E-state index is -0.424. The first-order chi connectivity index (χ1) is 17.7. The van der Waals surface area contributed by atoms with E-state index in [2.05, 4.69) is 40.9 Å². The minimum Gasteiger partial charge on any atom is -0.493 e. The van der Waals surface area contributed by atoms with Crippen LogP contribution in [0.15, 0.2) is 68.4 Å². The van der Waals surface area contributed by atoms with Gasteiger partial charge in [0, 0.05) is 18.0 Å². The summed E-state index contributed by atoms with van der Waals surface area (Å²) in [6.45, 7) is 8.71. The van der Waals surface area contributed by atoms with E-state index < -0.39 is 5.91 Å². The van der Waals surface area contributed by atoms with E-state index in [9.17, 15) is 9.90 Å². The van der Waals surface area contributed by atoms with Crippen molar-refractivity contribution in [2.45, 2.75) is 58.0 Å². The Morgan fingerprint density at radius 3 is 2.78 bits per heavy atom. The number of oxazole rings is 1. The fourth-order valence-electron chi connectivity index (χ4n) is 6.61. The van der Waals surface area contributed by atoms with Crippen LogP contribution in [0.4, 0.5) is 5.69 Å². The van der Waals surface area contributed by atoms with Crippen LogP contribution in [0.25, 0.3) is 22.0 Å². The molecule has 2 bridgehead atoms. The van der Waals surface area contributed by atoms with Crippen LogP contribution in [0.1, 0.15) is 40.0 Å². The molecule has 2 atom stereocenters. The highest BCUT2D eigenvalue weighted by atomic mass is 32.2. The summed E-state index contributed by atoms with van der Waals surface area (Å²) in [6.07, 6.45) is 3.56. The van der Waals surface area contributed by atoms with E-state index in [0.29, 0.717) is 40.0 Å². The normalized spacial score (nSPS) is 23.5. The summed E-state index contributed by atoms with van der Waals surface area (Å²) in [5.41, 5.74) is 3.25. The molecule has 4 aromatic rings. The fourth-order valence-corrected chi connectivity index (χ4v) is 7.22. The molecule has 2 unspecified atom stereocenters. The van der Waals surface area contributed by atoms with Gasteiger partial charge in [-0.05, 0) is 48.3 Å². The van der Waals surface area contributed by atoms with Crippen LogP contribution in [0.5, 0.6) is 5.88 Å². The second-order valence-electron chi connectivity index (χ2n) is 11.5. The molecule has 2 aromatic heterocycles. The van der Waals surface area contributed by atoms with Gasteiger partial charge >= 0.3 is 0 Å². The molecule has 1 amide bonds. The lowest BCUT2D eigenvalue weighted by Gasteiger charge is -2.40. The van der Waals surface area contributed by atoms with Crippen molar-refractivity contribution in [2.24, 2.45) is 21.1 Å². The number of para-hydroxylation sites is 3. The molecule has 8 nitrogen and oxygen atoms in total. The number of likely N-dealkylation sites (tertiary alicyclic amines) is 1. The van der Waals surface area contributed by atoms with Crippen molar-refractivity contribution in [2.75, 3.05) is 12.3 Å². The van der Waals surface area contributed by atoms with Crippen LogP contribution in [0.3, 0.4) is 0 Å². The predicted molar refractivity (Wildman–Crippen MR) is 144 cm³/mol. The maximum atomic E-state index is 12.5. The van der Waals surface area contributed by atoms with E-state index in [0.717, 1.165) is 29.4 Å². The molecule has 1 N–H and O–H groups in total. The van der Waals surface area contributed by atoms with Crippen molar-refractivity contribution in [1.82, 2.24) is 14.5 Å². The van der Waals surface area contributed by atoms with Crippen LogP contribution in [-0.4, -0.2) is 43.8 Å². The Labute approximate surface area is 219 Å². The van der Waals surface area contributed by atoms with Crippen molar-refractivity contribution in [3.63, 3.8) is 0 Å². The Hall–Kier alpha value is -3.17. The molecule has 1 aliphatic carbocycles. The van der Waals surface area contributed by atoms with Gasteiger partial charge in [0.1, 0.15) is 5.52 Å². The lowest BCUT2D eigenvalue weighted by Crippen LogP contribution is -2.35. The third kappa shape index (κ3) is 4.66. The Bertz CT molecular complexity index is 1490. The quantitative estimate of drug-likeness (QED) is 0.224. The van der Waals surface area contributed by atoms with Gasteiger partial charge in [-0.3, -0.25) is 14.3 Å². The largest absolute Gasteiger partial charge is 0.493 e. The second-order valence-corrected chi connectivity index (χ2v) is 12.5. The van der Waals surface area contributed by atoms with E-state index in [1.165, 1.54) is 24.6 Å². The van der Waals surface area contributed by atoms with Gasteiger partial charge in [-0.1, -0.05) is 62.9 Å². The molecule has 1 saturated carbocycles. The number of thioether (sulfide) groups is 1. The highest BCUT2D eigenvalue weighted by Gasteiger charge is 2.49. The number of fused-ring (bicyclic) bond motifs is 4. The zero-order valence-electron chi connectivity index (χ0n) is 21.3. The van der Waals surface area contributed by atoms with Gasteiger partial charge in [-0.15, -0.1) is 10.2 Å². The molecule has 2 aromatic carbocycles. The van der Waals surface area contributed by atoms with Gasteiger partial charge in [-0.25, -0.2) is 4.98 Å². The SMILES string of the molecule is CC1(C)CC2CC(C)(CN2Cn2c(O)c(N=NC(=O)CSc3nc4ccccc4o3)c3ccccc32)C1. The van der Waals surface area contributed by atoms with Crippen LogP contribution in [-0.2, 0) is 11.5 Å². The molecule has 192 valence electrons. The average molecular weight is 518 g/mol. The number of aromatic nitrogens is 2. The average Bonchev–Trinajstić information content (AvgIpc) is 3.46. The fraction of sp³-hybridized carbons (Fsp3) is 0.429. The summed E-state index contributed by atoms with van der Waals surface area (Å²) in [5.74, 6) is -0.346. The molecule has 6 rings (SSSR count). The van der Waals surface area contributed by atoms with E-state index in [1.807, 2.05) is 53.1 Å². The number of rotatable bonds is 6. The summed E-state index contributed by atoms with van der Waals surface area (Å²) >= 11 is 1.18. The first kappa shape index (κ1) is 24.2. The third-order valence-corrected chi connectivity index (χ3v) is 8.43. The number of azo groups is 1. The van der Waals surface area contributed by atoms with Crippen LogP contribution < -0.4 is 0 Å². The van der Waals surface area contributed by atoms with Crippen LogP contribution in [0.2, 0.25) is 0 Å². The minimum absolute atomic E-state index is 0.0372. The summed E-state index contributed by atoms with van der Waals surface area (Å²) in [7, 11) is 0. The highest BCUT2D eigenvalue weighted by molar-refractivity contribution is 7.99. The standard InChI is InChI=1S/C28H31N5O3S/c1-27(2)12-18-13-28(3,15-27)16-32(18)17-33-21-10-6-4-8-19(21)24(25(33)35)31-30-23(34)14-37-26-29-20-9-5-7-11-22(20)36-26/h4-11,18,35H,12-17H2,1-3H3. The van der Waals surface area contributed by atoms with Gasteiger partial charge < -0.3 is 9.52 Å². The maximum absolute atomic E-state index is 12.5. The monoisotopic (exact) mass is 517 g/mol. The number of nitrogens with zero attached hydrogens (tertiary/aromatic N) is 5. The highest BCUT2D eigenvalue weighted by Crippen LogP contribution is 2.53. The number of amides is 1. The molecule has 0 radical (unpaired) electrons. The predicted octanol–water partition coefficient (Wildman–Crippen LogP) is 6.75. The topological polar surface area (TPSA) is 96.2 Å². The number of carbonyl (C=O) groups excluding carboxylic acids is 1. The van der Waals surface area contributed by atoms with Crippen molar-refractivity contribution < 1.29 is 14.3 Å². The first-order valence-corrected chi connectivity index (χ1v) is 13.7. The molecule has 0 spiro atoms. The molecular formula is C28H31N5O3S. The Morgan fingerprint density at radius 2 is 1.95 bits per heavy atom. The molecule has 3 heterocycles. The van der Waals surface area contributed by atoms with E-state index in [4.69, 9.17) is 4.42 Å². The Kier molecular flexibility index (Phi) is 5.88. The maximum Gasteiger partial charge on any atom is 0.275 e. The molecule has 1 saturated heterocycles. The number of aromatic hydroxyl groups is 1. The molecule has 2 aliphatic rings. The van der Waals surface area contributed by atoms with Crippen molar-refractivity contribution in [3.05, 3.63) is 48.5 Å². The van der Waals surface area contributed by atoms with Gasteiger partial charge in [0.15, 0.2) is 11.3 Å². The molecule has 37 heavy (non-hydrogen) atoms. The number of hydrogen-bond acceptors (Lipinski definition) is 7. The van der Waals surface area contributed by atoms with E-state index in [1.54, 1.807) is 0 Å². The van der Waals surface area contributed by atoms with Crippen molar-refractivity contribution >= 4 is 45.4 Å². The van der Waals surface area contributed by atoms with Crippen molar-refractivity contribution in [1.29, 1.82) is 0 Å². The lowest BCUT2D eigenvalue weighted by molar-refractivity contribution is -0.115. The van der Waals surface area contributed by atoms with E-state index >= 15 is 0 Å². The van der Waals surface area contributed by atoms with Gasteiger partial charge in [0.25, 0.3) is 11.1 Å². The smallest absolute Gasteiger partial charge is 0.275 e. The summed E-state index contributed by atoms with van der Waals surface area (Å²) < 4.78 is 7.55. The number of carbonyl (C=O) groups is 1. The van der Waals surface area contributed by atoms with Crippen molar-refractivity contribution in [3.8, 4) is 5.88 Å². The van der Waals surface area contributed by atoms with Crippen LogP contribution in [0, 0.1) is 10.8 Å². The van der Waals surface area contributed by atoms with E-state index in [-0.39, 0.29) is 11.6 Å².